The summed E-state index contributed by atoms with van der Waals surface area (Å²) >= 11 is 0. The van der Waals surface area contributed by atoms with Gasteiger partial charge in [-0.25, -0.2) is 0 Å². The van der Waals surface area contributed by atoms with Crippen LogP contribution in [0, 0.1) is 0 Å². The van der Waals surface area contributed by atoms with Crippen molar-refractivity contribution in [1.29, 1.82) is 0 Å². The highest BCUT2D eigenvalue weighted by Crippen LogP contribution is 2.21. The van der Waals surface area contributed by atoms with Crippen molar-refractivity contribution in [2.75, 3.05) is 0 Å². The lowest BCUT2D eigenvalue weighted by Crippen LogP contribution is -2.30. The van der Waals surface area contributed by atoms with Crippen molar-refractivity contribution in [2.45, 2.75) is 44.7 Å². The fourth-order valence-corrected chi connectivity index (χ4v) is 2.36. The molecule has 0 aromatic heterocycles. The van der Waals surface area contributed by atoms with Gasteiger partial charge in [-0.3, -0.25) is 0 Å². The van der Waals surface area contributed by atoms with E-state index in [0.29, 0.717) is 12.1 Å². The molecule has 16 heavy (non-hydrogen) atoms. The highest BCUT2D eigenvalue weighted by Gasteiger charge is 2.16. The van der Waals surface area contributed by atoms with E-state index < -0.39 is 0 Å². The summed E-state index contributed by atoms with van der Waals surface area (Å²) in [4.78, 5) is 0. The molecule has 1 heteroatoms. The molecule has 0 heterocycles. The largest absolute Gasteiger partial charge is 0.307 e. The zero-order chi connectivity index (χ0) is 11.2. The van der Waals surface area contributed by atoms with E-state index in [-0.39, 0.29) is 0 Å². The van der Waals surface area contributed by atoms with Gasteiger partial charge in [0.2, 0.25) is 0 Å². The molecule has 0 radical (unpaired) electrons. The topological polar surface area (TPSA) is 12.0 Å². The van der Waals surface area contributed by atoms with Gasteiger partial charge in [-0.2, -0.15) is 0 Å². The minimum atomic E-state index is 0.524. The lowest BCUT2D eigenvalue weighted by Gasteiger charge is -2.23. The Morgan fingerprint density at radius 1 is 1.19 bits per heavy atom. The molecule has 1 aromatic carbocycles. The average Bonchev–Trinajstić information content (AvgIpc) is 2.83. The van der Waals surface area contributed by atoms with Gasteiger partial charge in [-0.15, -0.1) is 0 Å². The molecule has 1 nitrogen and oxygen atoms in total. The molecule has 0 saturated carbocycles. The first-order chi connectivity index (χ1) is 7.90. The minimum absolute atomic E-state index is 0.524. The van der Waals surface area contributed by atoms with Gasteiger partial charge < -0.3 is 5.32 Å². The van der Waals surface area contributed by atoms with Crippen LogP contribution in [0.1, 0.15) is 44.2 Å². The molecule has 0 spiro atoms. The molecular formula is C15H21N. The zero-order valence-electron chi connectivity index (χ0n) is 10.0. The molecule has 1 aromatic rings. The summed E-state index contributed by atoms with van der Waals surface area (Å²) in [6.07, 6.45) is 9.39. The lowest BCUT2D eigenvalue weighted by molar-refractivity contribution is 0.424. The smallest absolute Gasteiger partial charge is 0.0322 e. The van der Waals surface area contributed by atoms with Crippen LogP contribution in [0.25, 0.3) is 0 Å². The number of hydrogen-bond acceptors (Lipinski definition) is 1. The number of benzene rings is 1. The monoisotopic (exact) mass is 215 g/mol. The predicted molar refractivity (Wildman–Crippen MR) is 69.4 cm³/mol. The van der Waals surface area contributed by atoms with Gasteiger partial charge in [-0.1, -0.05) is 55.8 Å². The minimum Gasteiger partial charge on any atom is -0.307 e. The van der Waals surface area contributed by atoms with Crippen LogP contribution in [0.4, 0.5) is 0 Å². The molecule has 0 saturated heterocycles. The van der Waals surface area contributed by atoms with Crippen LogP contribution in [-0.4, -0.2) is 6.04 Å². The zero-order valence-corrected chi connectivity index (χ0v) is 10.0. The molecular weight excluding hydrogens is 194 g/mol. The van der Waals surface area contributed by atoms with Gasteiger partial charge in [0.1, 0.15) is 0 Å². The summed E-state index contributed by atoms with van der Waals surface area (Å²) in [5.74, 6) is 0. The first-order valence-electron chi connectivity index (χ1n) is 6.36. The Balaban J connectivity index is 1.99. The standard InChI is InChI=1S/C15H21N/c1-2-8-15(13-9-4-3-5-10-13)16-14-11-6-7-12-14/h3-7,9-10,14-16H,2,8,11-12H2,1H3. The molecule has 1 aliphatic rings. The molecule has 0 amide bonds. The maximum absolute atomic E-state index is 3.77. The Morgan fingerprint density at radius 3 is 2.50 bits per heavy atom. The van der Waals surface area contributed by atoms with Gasteiger partial charge in [0.25, 0.3) is 0 Å². The fourth-order valence-electron chi connectivity index (χ4n) is 2.36. The van der Waals surface area contributed by atoms with E-state index in [2.05, 4.69) is 54.7 Å². The number of rotatable bonds is 5. The van der Waals surface area contributed by atoms with Crippen LogP contribution in [0.15, 0.2) is 42.5 Å². The number of hydrogen-bond donors (Lipinski definition) is 1. The Labute approximate surface area is 98.6 Å². The average molecular weight is 215 g/mol. The molecule has 1 unspecified atom stereocenters. The summed E-state index contributed by atoms with van der Waals surface area (Å²) in [6, 6.07) is 12.0. The summed E-state index contributed by atoms with van der Waals surface area (Å²) in [7, 11) is 0. The highest BCUT2D eigenvalue weighted by molar-refractivity contribution is 5.19. The van der Waals surface area contributed by atoms with Crippen LogP contribution in [0.5, 0.6) is 0 Å². The quantitative estimate of drug-likeness (QED) is 0.736. The van der Waals surface area contributed by atoms with Crippen molar-refractivity contribution in [1.82, 2.24) is 5.32 Å². The van der Waals surface area contributed by atoms with E-state index >= 15 is 0 Å². The van der Waals surface area contributed by atoms with E-state index in [0.717, 1.165) is 0 Å². The summed E-state index contributed by atoms with van der Waals surface area (Å²) in [6.45, 7) is 2.25. The molecule has 1 aliphatic carbocycles. The van der Waals surface area contributed by atoms with Crippen molar-refractivity contribution >= 4 is 0 Å². The van der Waals surface area contributed by atoms with Crippen LogP contribution in [0.2, 0.25) is 0 Å². The van der Waals surface area contributed by atoms with Crippen molar-refractivity contribution in [3.05, 3.63) is 48.0 Å². The molecule has 86 valence electrons. The second-order valence-electron chi connectivity index (χ2n) is 4.56. The van der Waals surface area contributed by atoms with Crippen molar-refractivity contribution < 1.29 is 0 Å². The normalized spacial score (nSPS) is 17.8. The van der Waals surface area contributed by atoms with Gasteiger partial charge in [0.05, 0.1) is 0 Å². The SMILES string of the molecule is CCCC(NC1CC=CC1)c1ccccc1. The van der Waals surface area contributed by atoms with Crippen LogP contribution in [-0.2, 0) is 0 Å². The van der Waals surface area contributed by atoms with Crippen LogP contribution < -0.4 is 5.32 Å². The molecule has 0 aliphatic heterocycles. The Kier molecular flexibility index (Phi) is 4.17. The summed E-state index contributed by atoms with van der Waals surface area (Å²) < 4.78 is 0. The first-order valence-corrected chi connectivity index (χ1v) is 6.36. The lowest BCUT2D eigenvalue weighted by atomic mass is 10.0. The van der Waals surface area contributed by atoms with Crippen LogP contribution >= 0.6 is 0 Å². The fraction of sp³-hybridized carbons (Fsp3) is 0.467. The van der Waals surface area contributed by atoms with Crippen LogP contribution in [0.3, 0.4) is 0 Å². The molecule has 2 rings (SSSR count). The molecule has 1 atom stereocenters. The predicted octanol–water partition coefficient (Wildman–Crippen LogP) is 3.84. The Morgan fingerprint density at radius 2 is 1.88 bits per heavy atom. The maximum Gasteiger partial charge on any atom is 0.0322 e. The third-order valence-electron chi connectivity index (χ3n) is 3.22. The van der Waals surface area contributed by atoms with Crippen molar-refractivity contribution in [2.24, 2.45) is 0 Å². The second kappa shape index (κ2) is 5.86. The van der Waals surface area contributed by atoms with E-state index in [9.17, 15) is 0 Å². The second-order valence-corrected chi connectivity index (χ2v) is 4.56. The first kappa shape index (κ1) is 11.4. The third kappa shape index (κ3) is 2.96. The van der Waals surface area contributed by atoms with E-state index in [1.807, 2.05) is 0 Å². The molecule has 0 bridgehead atoms. The van der Waals surface area contributed by atoms with Gasteiger partial charge in [0, 0.05) is 12.1 Å². The summed E-state index contributed by atoms with van der Waals surface area (Å²) in [5.41, 5.74) is 1.43. The van der Waals surface area contributed by atoms with Gasteiger partial charge >= 0.3 is 0 Å². The van der Waals surface area contributed by atoms with E-state index in [4.69, 9.17) is 0 Å². The third-order valence-corrected chi connectivity index (χ3v) is 3.22. The van der Waals surface area contributed by atoms with E-state index in [1.54, 1.807) is 0 Å². The maximum atomic E-state index is 3.77. The number of nitrogens with one attached hydrogen (secondary N) is 1. The van der Waals surface area contributed by atoms with E-state index in [1.165, 1.54) is 31.2 Å². The van der Waals surface area contributed by atoms with Gasteiger partial charge in [-0.05, 0) is 24.8 Å². The summed E-state index contributed by atoms with van der Waals surface area (Å²) in [5, 5.41) is 3.77. The highest BCUT2D eigenvalue weighted by atomic mass is 14.9. The Hall–Kier alpha value is -1.08. The van der Waals surface area contributed by atoms with Crippen molar-refractivity contribution in [3.8, 4) is 0 Å². The molecule has 0 fully saturated rings. The Bertz CT molecular complexity index is 321. The van der Waals surface area contributed by atoms with Crippen molar-refractivity contribution in [3.63, 3.8) is 0 Å². The molecule has 1 N–H and O–H groups in total. The van der Waals surface area contributed by atoms with Gasteiger partial charge in [0.15, 0.2) is 0 Å².